The summed E-state index contributed by atoms with van der Waals surface area (Å²) in [5.74, 6) is 0.854. The summed E-state index contributed by atoms with van der Waals surface area (Å²) in [6.45, 7) is 0. The summed E-state index contributed by atoms with van der Waals surface area (Å²) >= 11 is 13.3. The Morgan fingerprint density at radius 1 is 1.12 bits per heavy atom. The minimum absolute atomic E-state index is 0.00486. The first-order valence-electron chi connectivity index (χ1n) is 6.68. The maximum Gasteiger partial charge on any atom is 0.277 e. The maximum atomic E-state index is 10.7. The minimum atomic E-state index is -0.464. The second-order valence-corrected chi connectivity index (χ2v) is 6.47. The Kier molecular flexibility index (Phi) is 5.03. The lowest BCUT2D eigenvalue weighted by atomic mass is 10.2. The van der Waals surface area contributed by atoms with Gasteiger partial charge in [0.15, 0.2) is 0 Å². The van der Waals surface area contributed by atoms with Crippen LogP contribution in [-0.2, 0) is 5.75 Å². The minimum Gasteiger partial charge on any atom is -0.411 e. The van der Waals surface area contributed by atoms with Gasteiger partial charge in [-0.05, 0) is 29.8 Å². The summed E-state index contributed by atoms with van der Waals surface area (Å²) in [6, 6.07) is 11.2. The van der Waals surface area contributed by atoms with Gasteiger partial charge in [0.25, 0.3) is 10.9 Å². The number of rotatable bonds is 5. The summed E-state index contributed by atoms with van der Waals surface area (Å²) in [5, 5.41) is 20.1. The number of nitro groups is 1. The molecule has 0 N–H and O–H groups in total. The molecule has 1 heterocycles. The number of aromatic nitrogens is 2. The summed E-state index contributed by atoms with van der Waals surface area (Å²) in [4.78, 5) is 10.2. The number of nitrogens with zero attached hydrogens (tertiary/aromatic N) is 3. The lowest BCUT2D eigenvalue weighted by molar-refractivity contribution is -0.384. The Balaban J connectivity index is 1.70. The van der Waals surface area contributed by atoms with Crippen molar-refractivity contribution >= 4 is 40.7 Å². The van der Waals surface area contributed by atoms with E-state index in [1.54, 1.807) is 24.3 Å². The normalized spacial score (nSPS) is 10.8. The van der Waals surface area contributed by atoms with Crippen LogP contribution in [-0.4, -0.2) is 15.1 Å². The summed E-state index contributed by atoms with van der Waals surface area (Å²) in [7, 11) is 0. The molecule has 9 heteroatoms. The first-order chi connectivity index (χ1) is 11.5. The second kappa shape index (κ2) is 7.21. The Labute approximate surface area is 150 Å². The zero-order valence-electron chi connectivity index (χ0n) is 12.0. The average molecular weight is 382 g/mol. The van der Waals surface area contributed by atoms with Crippen LogP contribution in [0.25, 0.3) is 11.5 Å². The van der Waals surface area contributed by atoms with E-state index in [0.717, 1.165) is 5.56 Å². The molecule has 0 unspecified atom stereocenters. The van der Waals surface area contributed by atoms with Crippen molar-refractivity contribution in [3.63, 3.8) is 0 Å². The fourth-order valence-electron chi connectivity index (χ4n) is 1.89. The molecule has 0 saturated carbocycles. The fourth-order valence-corrected chi connectivity index (χ4v) is 3.21. The van der Waals surface area contributed by atoms with Crippen molar-refractivity contribution in [3.05, 3.63) is 68.2 Å². The van der Waals surface area contributed by atoms with Gasteiger partial charge < -0.3 is 4.42 Å². The molecule has 6 nitrogen and oxygen atoms in total. The van der Waals surface area contributed by atoms with E-state index in [1.165, 1.54) is 23.9 Å². The summed E-state index contributed by atoms with van der Waals surface area (Å²) < 4.78 is 5.56. The summed E-state index contributed by atoms with van der Waals surface area (Å²) in [6.07, 6.45) is 0. The molecule has 0 amide bonds. The Hall–Kier alpha value is -2.09. The van der Waals surface area contributed by atoms with Crippen molar-refractivity contribution in [2.24, 2.45) is 0 Å². The Morgan fingerprint density at radius 2 is 1.88 bits per heavy atom. The number of benzene rings is 2. The highest BCUT2D eigenvalue weighted by atomic mass is 35.5. The third kappa shape index (κ3) is 3.87. The van der Waals surface area contributed by atoms with E-state index in [0.29, 0.717) is 32.5 Å². The van der Waals surface area contributed by atoms with Crippen molar-refractivity contribution < 1.29 is 9.34 Å². The van der Waals surface area contributed by atoms with Crippen LogP contribution in [0.3, 0.4) is 0 Å². The van der Waals surface area contributed by atoms with E-state index in [4.69, 9.17) is 27.6 Å². The molecule has 0 spiro atoms. The lowest BCUT2D eigenvalue weighted by Gasteiger charge is -2.02. The zero-order valence-corrected chi connectivity index (χ0v) is 14.3. The standard InChI is InChI=1S/C15H9Cl2N3O3S/c16-11-4-1-10(13(17)7-11)8-24-15-19-18-14(23-15)9-2-5-12(6-3-9)20(21)22/h1-7H,8H2. The molecule has 0 bridgehead atoms. The van der Waals surface area contributed by atoms with Gasteiger partial charge in [0.2, 0.25) is 5.89 Å². The Morgan fingerprint density at radius 3 is 2.54 bits per heavy atom. The van der Waals surface area contributed by atoms with Crippen molar-refractivity contribution in [2.45, 2.75) is 11.0 Å². The molecule has 3 rings (SSSR count). The fraction of sp³-hybridized carbons (Fsp3) is 0.0667. The first-order valence-corrected chi connectivity index (χ1v) is 8.42. The molecule has 0 atom stereocenters. The highest BCUT2D eigenvalue weighted by Gasteiger charge is 2.12. The van der Waals surface area contributed by atoms with Crippen LogP contribution in [0.15, 0.2) is 52.1 Å². The quantitative estimate of drug-likeness (QED) is 0.341. The molecular formula is C15H9Cl2N3O3S. The van der Waals surface area contributed by atoms with Crippen LogP contribution in [0.4, 0.5) is 5.69 Å². The molecule has 0 aliphatic heterocycles. The molecule has 0 radical (unpaired) electrons. The number of hydrogen-bond donors (Lipinski definition) is 0. The monoisotopic (exact) mass is 381 g/mol. The van der Waals surface area contributed by atoms with Gasteiger partial charge in [-0.3, -0.25) is 10.1 Å². The van der Waals surface area contributed by atoms with Crippen molar-refractivity contribution in [1.29, 1.82) is 0 Å². The molecular weight excluding hydrogens is 373 g/mol. The van der Waals surface area contributed by atoms with Crippen LogP contribution in [0, 0.1) is 10.1 Å². The highest BCUT2D eigenvalue weighted by Crippen LogP contribution is 2.30. The molecule has 24 heavy (non-hydrogen) atoms. The average Bonchev–Trinajstić information content (AvgIpc) is 3.03. The number of hydrogen-bond acceptors (Lipinski definition) is 6. The van der Waals surface area contributed by atoms with Gasteiger partial charge in [-0.15, -0.1) is 10.2 Å². The maximum absolute atomic E-state index is 10.7. The SMILES string of the molecule is O=[N+]([O-])c1ccc(-c2nnc(SCc3ccc(Cl)cc3Cl)o2)cc1. The van der Waals surface area contributed by atoms with E-state index >= 15 is 0 Å². The molecule has 0 aliphatic carbocycles. The van der Waals surface area contributed by atoms with E-state index in [-0.39, 0.29) is 5.69 Å². The number of thioether (sulfide) groups is 1. The largest absolute Gasteiger partial charge is 0.411 e. The summed E-state index contributed by atoms with van der Waals surface area (Å²) in [5.41, 5.74) is 1.52. The van der Waals surface area contributed by atoms with Gasteiger partial charge in [-0.25, -0.2) is 0 Å². The molecule has 0 saturated heterocycles. The number of nitro benzene ring substituents is 1. The zero-order chi connectivity index (χ0) is 17.1. The van der Waals surface area contributed by atoms with Gasteiger partial charge in [0, 0.05) is 33.5 Å². The van der Waals surface area contributed by atoms with Gasteiger partial charge in [-0.2, -0.15) is 0 Å². The van der Waals surface area contributed by atoms with Gasteiger partial charge in [-0.1, -0.05) is 41.0 Å². The first kappa shape index (κ1) is 16.8. The van der Waals surface area contributed by atoms with Crippen LogP contribution < -0.4 is 0 Å². The molecule has 2 aromatic carbocycles. The van der Waals surface area contributed by atoms with Crippen molar-refractivity contribution in [3.8, 4) is 11.5 Å². The lowest BCUT2D eigenvalue weighted by Crippen LogP contribution is -1.87. The van der Waals surface area contributed by atoms with Crippen LogP contribution >= 0.6 is 35.0 Å². The third-order valence-electron chi connectivity index (χ3n) is 3.10. The number of non-ortho nitro benzene ring substituents is 1. The van der Waals surface area contributed by atoms with E-state index in [9.17, 15) is 10.1 Å². The van der Waals surface area contributed by atoms with Crippen molar-refractivity contribution in [2.75, 3.05) is 0 Å². The topological polar surface area (TPSA) is 82.1 Å². The van der Waals surface area contributed by atoms with E-state index < -0.39 is 4.92 Å². The molecule has 122 valence electrons. The van der Waals surface area contributed by atoms with Gasteiger partial charge in [0.05, 0.1) is 4.92 Å². The van der Waals surface area contributed by atoms with Gasteiger partial charge in [0.1, 0.15) is 0 Å². The van der Waals surface area contributed by atoms with Crippen LogP contribution in [0.1, 0.15) is 5.56 Å². The van der Waals surface area contributed by atoms with Crippen LogP contribution in [0.2, 0.25) is 10.0 Å². The van der Waals surface area contributed by atoms with E-state index in [1.807, 2.05) is 6.07 Å². The second-order valence-electron chi connectivity index (χ2n) is 4.70. The van der Waals surface area contributed by atoms with E-state index in [2.05, 4.69) is 10.2 Å². The Bertz CT molecular complexity index is 884. The smallest absolute Gasteiger partial charge is 0.277 e. The predicted molar refractivity (Wildman–Crippen MR) is 92.4 cm³/mol. The molecule has 1 aromatic heterocycles. The van der Waals surface area contributed by atoms with Crippen LogP contribution in [0.5, 0.6) is 0 Å². The van der Waals surface area contributed by atoms with Crippen molar-refractivity contribution in [1.82, 2.24) is 10.2 Å². The molecule has 0 fully saturated rings. The predicted octanol–water partition coefficient (Wildman–Crippen LogP) is 5.24. The number of halogens is 2. The highest BCUT2D eigenvalue weighted by molar-refractivity contribution is 7.98. The molecule has 3 aromatic rings. The molecule has 0 aliphatic rings. The third-order valence-corrected chi connectivity index (χ3v) is 4.55. The van der Waals surface area contributed by atoms with Gasteiger partial charge >= 0.3 is 0 Å².